The number of carboxylic acids is 1. The Morgan fingerprint density at radius 2 is 2.14 bits per heavy atom. The number of thioether (sulfide) groups is 1. The molecule has 2 N–H and O–H groups in total. The van der Waals surface area contributed by atoms with Gasteiger partial charge in [-0.2, -0.15) is 0 Å². The highest BCUT2D eigenvalue weighted by Gasteiger charge is 2.57. The summed E-state index contributed by atoms with van der Waals surface area (Å²) in [6.45, 7) is 0. The Bertz CT molecular complexity index is 516. The SMILES string of the molecule is O=C(O)C1=CC(CCl)S[C@@H]2[C@H]([NH+]=C3CCCC3)C(=O)N12.[Cl-]. The summed E-state index contributed by atoms with van der Waals surface area (Å²) in [7, 11) is 0. The monoisotopic (exact) mass is 350 g/mol. The second-order valence-electron chi connectivity index (χ2n) is 5.22. The maximum atomic E-state index is 12.2. The van der Waals surface area contributed by atoms with Crippen molar-refractivity contribution in [1.82, 2.24) is 4.90 Å². The molecule has 21 heavy (non-hydrogen) atoms. The van der Waals surface area contributed by atoms with E-state index in [4.69, 9.17) is 11.6 Å². The standard InChI is InChI=1S/C13H15ClN2O3S.ClH/c14-6-8-5-9(13(18)19)16-11(17)10(12(16)20-8)15-7-3-1-2-4-7;/h5,8,10,12H,1-4,6H2,(H,18,19);1H/t8?,10-,12-;/m1./s1. The number of nitrogens with one attached hydrogen (secondary N) is 1. The number of fused-ring (bicyclic) bond motifs is 1. The van der Waals surface area contributed by atoms with Gasteiger partial charge in [0.15, 0.2) is 11.1 Å². The van der Waals surface area contributed by atoms with Crippen molar-refractivity contribution in [3.63, 3.8) is 0 Å². The zero-order valence-electron chi connectivity index (χ0n) is 11.2. The van der Waals surface area contributed by atoms with Crippen LogP contribution in [0, 0.1) is 0 Å². The Morgan fingerprint density at radius 1 is 1.48 bits per heavy atom. The third-order valence-corrected chi connectivity index (χ3v) is 5.83. The molecule has 0 radical (unpaired) electrons. The second-order valence-corrected chi connectivity index (χ2v) is 6.89. The minimum absolute atomic E-state index is 0. The first kappa shape index (κ1) is 16.6. The van der Waals surface area contributed by atoms with Crippen molar-refractivity contribution in [3.05, 3.63) is 11.8 Å². The minimum atomic E-state index is -1.06. The van der Waals surface area contributed by atoms with Crippen molar-refractivity contribution in [3.8, 4) is 0 Å². The predicted molar refractivity (Wildman–Crippen MR) is 76.7 cm³/mol. The first-order valence-corrected chi connectivity index (χ1v) is 8.20. The summed E-state index contributed by atoms with van der Waals surface area (Å²) >= 11 is 7.41. The molecule has 1 saturated carbocycles. The first-order valence-electron chi connectivity index (χ1n) is 6.72. The molecule has 3 atom stereocenters. The van der Waals surface area contributed by atoms with E-state index in [1.54, 1.807) is 17.8 Å². The van der Waals surface area contributed by atoms with E-state index >= 15 is 0 Å². The van der Waals surface area contributed by atoms with Crippen LogP contribution in [0.2, 0.25) is 0 Å². The fourth-order valence-electron chi connectivity index (χ4n) is 2.89. The lowest BCUT2D eigenvalue weighted by molar-refractivity contribution is -0.504. The van der Waals surface area contributed by atoms with Crippen molar-refractivity contribution in [2.75, 3.05) is 5.88 Å². The van der Waals surface area contributed by atoms with Gasteiger partial charge in [-0.1, -0.05) is 0 Å². The number of β-lactam (4-membered cyclic amide) rings is 1. The van der Waals surface area contributed by atoms with E-state index in [1.165, 1.54) is 10.6 Å². The van der Waals surface area contributed by atoms with Crippen molar-refractivity contribution in [2.24, 2.45) is 0 Å². The van der Waals surface area contributed by atoms with Crippen molar-refractivity contribution in [2.45, 2.75) is 42.3 Å². The van der Waals surface area contributed by atoms with Gasteiger partial charge in [-0.3, -0.25) is 9.69 Å². The van der Waals surface area contributed by atoms with Crippen LogP contribution in [0.15, 0.2) is 11.8 Å². The van der Waals surface area contributed by atoms with E-state index in [9.17, 15) is 14.7 Å². The zero-order valence-corrected chi connectivity index (χ0v) is 13.5. The van der Waals surface area contributed by atoms with Crippen LogP contribution in [0.5, 0.6) is 0 Å². The number of nitrogens with zero attached hydrogens (tertiary/aromatic N) is 1. The number of rotatable bonds is 3. The summed E-state index contributed by atoms with van der Waals surface area (Å²) in [6, 6.07) is -0.304. The molecule has 0 aromatic carbocycles. The molecule has 0 bridgehead atoms. The molecule has 0 aromatic heterocycles. The molecule has 1 unspecified atom stereocenters. The average molecular weight is 351 g/mol. The van der Waals surface area contributed by atoms with E-state index in [-0.39, 0.29) is 40.7 Å². The fourth-order valence-corrected chi connectivity index (χ4v) is 4.51. The molecule has 0 spiro atoms. The summed E-state index contributed by atoms with van der Waals surface area (Å²) < 4.78 is 0. The predicted octanol–water partition coefficient (Wildman–Crippen LogP) is -3.05. The number of carbonyl (C=O) groups excluding carboxylic acids is 1. The summed E-state index contributed by atoms with van der Waals surface area (Å²) in [5.41, 5.74) is 1.29. The molecule has 116 valence electrons. The Balaban J connectivity index is 0.00000161. The van der Waals surface area contributed by atoms with E-state index in [0.717, 1.165) is 25.7 Å². The van der Waals surface area contributed by atoms with Crippen molar-refractivity contribution < 1.29 is 32.1 Å². The van der Waals surface area contributed by atoms with Crippen molar-refractivity contribution >= 4 is 41.0 Å². The van der Waals surface area contributed by atoms with Crippen LogP contribution >= 0.6 is 23.4 Å². The number of carbonyl (C=O) groups is 2. The van der Waals surface area contributed by atoms with E-state index < -0.39 is 5.97 Å². The molecule has 1 amide bonds. The molecule has 1 aliphatic carbocycles. The summed E-state index contributed by atoms with van der Waals surface area (Å²) in [4.78, 5) is 28.1. The Hall–Kier alpha value is -0.720. The van der Waals surface area contributed by atoms with Gasteiger partial charge >= 0.3 is 5.97 Å². The summed E-state index contributed by atoms with van der Waals surface area (Å²) in [6.07, 6.45) is 5.93. The van der Waals surface area contributed by atoms with E-state index in [2.05, 4.69) is 4.99 Å². The van der Waals surface area contributed by atoms with Crippen LogP contribution in [0.25, 0.3) is 0 Å². The van der Waals surface area contributed by atoms with Crippen LogP contribution in [0.4, 0.5) is 0 Å². The second kappa shape index (κ2) is 6.58. The van der Waals surface area contributed by atoms with E-state index in [1.807, 2.05) is 0 Å². The number of alkyl halides is 1. The maximum absolute atomic E-state index is 12.2. The van der Waals surface area contributed by atoms with Gasteiger partial charge < -0.3 is 17.5 Å². The molecular formula is C13H16Cl2N2O3S. The fraction of sp³-hybridized carbons (Fsp3) is 0.615. The molecule has 2 fully saturated rings. The normalized spacial score (nSPS) is 31.0. The zero-order chi connectivity index (χ0) is 14.3. The third kappa shape index (κ3) is 2.94. The van der Waals surface area contributed by atoms with E-state index in [0.29, 0.717) is 5.88 Å². The number of aliphatic carboxylic acids is 1. The largest absolute Gasteiger partial charge is 1.00 e. The number of hydrogen-bond acceptors (Lipinski definition) is 3. The first-order chi connectivity index (χ1) is 9.61. The lowest BCUT2D eigenvalue weighted by Crippen LogP contribution is -3.00. The Labute approximate surface area is 138 Å². The van der Waals surface area contributed by atoms with Gasteiger partial charge in [0.25, 0.3) is 11.9 Å². The highest BCUT2D eigenvalue weighted by molar-refractivity contribution is 8.01. The lowest BCUT2D eigenvalue weighted by atomic mass is 10.0. The van der Waals surface area contributed by atoms with Gasteiger partial charge in [-0.05, 0) is 18.9 Å². The van der Waals surface area contributed by atoms with Gasteiger partial charge in [0.05, 0.1) is 0 Å². The van der Waals surface area contributed by atoms with Gasteiger partial charge in [-0.25, -0.2) is 9.79 Å². The number of carboxylic acid groups (broad SMARTS) is 1. The van der Waals surface area contributed by atoms with Gasteiger partial charge in [0.1, 0.15) is 5.70 Å². The van der Waals surface area contributed by atoms with Crippen LogP contribution in [-0.2, 0) is 9.59 Å². The summed E-state index contributed by atoms with van der Waals surface area (Å²) in [5, 5.41) is 9.00. The van der Waals surface area contributed by atoms with Crippen LogP contribution in [0.3, 0.4) is 0 Å². The minimum Gasteiger partial charge on any atom is -1.00 e. The topological polar surface area (TPSA) is 71.6 Å². The van der Waals surface area contributed by atoms with Gasteiger partial charge in [-0.15, -0.1) is 23.4 Å². The Kier molecular flexibility index (Phi) is 5.22. The highest BCUT2D eigenvalue weighted by Crippen LogP contribution is 2.39. The quantitative estimate of drug-likeness (QED) is 0.419. The van der Waals surface area contributed by atoms with Crippen LogP contribution < -0.4 is 17.4 Å². The average Bonchev–Trinajstić information content (AvgIpc) is 2.96. The maximum Gasteiger partial charge on any atom is 0.352 e. The third-order valence-electron chi connectivity index (χ3n) is 3.90. The molecular weight excluding hydrogens is 335 g/mol. The molecule has 0 aromatic rings. The van der Waals surface area contributed by atoms with Crippen LogP contribution in [0.1, 0.15) is 25.7 Å². The Morgan fingerprint density at radius 3 is 2.71 bits per heavy atom. The summed E-state index contributed by atoms with van der Waals surface area (Å²) in [5.74, 6) is -0.863. The lowest BCUT2D eigenvalue weighted by Gasteiger charge is -2.45. The smallest absolute Gasteiger partial charge is 0.352 e. The van der Waals surface area contributed by atoms with Crippen LogP contribution in [-0.4, -0.2) is 50.1 Å². The number of hydrogen-bond donors (Lipinski definition) is 2. The molecule has 3 aliphatic rings. The van der Waals surface area contributed by atoms with Crippen molar-refractivity contribution in [1.29, 1.82) is 0 Å². The molecule has 2 aliphatic heterocycles. The highest BCUT2D eigenvalue weighted by atomic mass is 35.5. The number of amides is 1. The molecule has 2 heterocycles. The molecule has 3 rings (SSSR count). The molecule has 1 saturated heterocycles. The molecule has 5 nitrogen and oxygen atoms in total. The van der Waals surface area contributed by atoms with Gasteiger partial charge in [0.2, 0.25) is 0 Å². The number of halogens is 2. The van der Waals surface area contributed by atoms with Gasteiger partial charge in [0, 0.05) is 24.0 Å². The molecule has 8 heteroatoms.